The van der Waals surface area contributed by atoms with Crippen molar-refractivity contribution >= 4 is 15.9 Å². The molecule has 148 valence electrons. The fourth-order valence-electron chi connectivity index (χ4n) is 3.22. The van der Waals surface area contributed by atoms with Crippen LogP contribution >= 0.6 is 0 Å². The summed E-state index contributed by atoms with van der Waals surface area (Å²) in [5.74, 6) is -0.0884. The summed E-state index contributed by atoms with van der Waals surface area (Å²) in [5, 5.41) is 10.2. The van der Waals surface area contributed by atoms with Crippen molar-refractivity contribution in [3.05, 3.63) is 84.4 Å². The Bertz CT molecular complexity index is 1130. The Balaban J connectivity index is 1.38. The first kappa shape index (κ1) is 19.2. The Hall–Kier alpha value is -3.16. The quantitative estimate of drug-likeness (QED) is 0.677. The number of ether oxygens (including phenoxy) is 1. The van der Waals surface area contributed by atoms with Crippen molar-refractivity contribution < 1.29 is 23.1 Å². The van der Waals surface area contributed by atoms with Gasteiger partial charge in [0.25, 0.3) is 15.9 Å². The lowest BCUT2D eigenvalue weighted by atomic mass is 10.1. The van der Waals surface area contributed by atoms with Crippen LogP contribution in [0.4, 0.5) is 0 Å². The van der Waals surface area contributed by atoms with Crippen LogP contribution in [0.15, 0.2) is 83.8 Å². The van der Waals surface area contributed by atoms with E-state index in [-0.39, 0.29) is 23.6 Å². The van der Waals surface area contributed by atoms with Crippen LogP contribution in [0.25, 0.3) is 11.1 Å². The van der Waals surface area contributed by atoms with Gasteiger partial charge in [-0.15, -0.1) is 0 Å². The van der Waals surface area contributed by atoms with Crippen LogP contribution < -0.4 is 4.74 Å². The first-order chi connectivity index (χ1) is 14.0. The molecule has 1 aliphatic heterocycles. The molecule has 0 fully saturated rings. The van der Waals surface area contributed by atoms with Crippen LogP contribution in [0.1, 0.15) is 10.4 Å². The number of rotatable bonds is 6. The van der Waals surface area contributed by atoms with Gasteiger partial charge in [-0.25, -0.2) is 12.7 Å². The van der Waals surface area contributed by atoms with Crippen molar-refractivity contribution in [2.24, 2.45) is 0 Å². The zero-order chi connectivity index (χ0) is 20.4. The largest absolute Gasteiger partial charge is 0.491 e. The topological polar surface area (TPSA) is 83.9 Å². The van der Waals surface area contributed by atoms with E-state index in [9.17, 15) is 18.3 Å². The first-order valence-electron chi connectivity index (χ1n) is 9.09. The maximum absolute atomic E-state index is 12.5. The Morgan fingerprint density at radius 1 is 0.862 bits per heavy atom. The molecule has 0 radical (unpaired) electrons. The SMILES string of the molecule is O=C1c2ccccc2S(=O)(=O)N1CC(O)COc1ccc(-c2ccccc2)cc1. The summed E-state index contributed by atoms with van der Waals surface area (Å²) in [4.78, 5) is 12.4. The molecule has 6 nitrogen and oxygen atoms in total. The maximum atomic E-state index is 12.5. The third-order valence-electron chi connectivity index (χ3n) is 4.69. The van der Waals surface area contributed by atoms with Crippen molar-refractivity contribution in [3.8, 4) is 16.9 Å². The minimum absolute atomic E-state index is 0.0328. The predicted molar refractivity (Wildman–Crippen MR) is 108 cm³/mol. The number of fused-ring (bicyclic) bond motifs is 1. The maximum Gasteiger partial charge on any atom is 0.269 e. The summed E-state index contributed by atoms with van der Waals surface area (Å²) >= 11 is 0. The highest BCUT2D eigenvalue weighted by molar-refractivity contribution is 7.90. The first-order valence-corrected chi connectivity index (χ1v) is 10.5. The molecule has 1 unspecified atom stereocenters. The summed E-state index contributed by atoms with van der Waals surface area (Å²) in [6.07, 6.45) is -1.16. The van der Waals surface area contributed by atoms with Crippen LogP contribution in [-0.4, -0.2) is 43.0 Å². The Kier molecular flexibility index (Phi) is 5.08. The number of nitrogens with zero attached hydrogens (tertiary/aromatic N) is 1. The molecule has 0 saturated heterocycles. The van der Waals surface area contributed by atoms with Gasteiger partial charge in [0.15, 0.2) is 0 Å². The molecule has 1 amide bonds. The molecule has 7 heteroatoms. The summed E-state index contributed by atoms with van der Waals surface area (Å²) < 4.78 is 31.3. The van der Waals surface area contributed by atoms with E-state index in [1.165, 1.54) is 12.1 Å². The molecule has 0 aliphatic carbocycles. The highest BCUT2D eigenvalue weighted by atomic mass is 32.2. The third kappa shape index (κ3) is 3.74. The van der Waals surface area contributed by atoms with E-state index < -0.39 is 22.0 Å². The molecule has 0 bridgehead atoms. The van der Waals surface area contributed by atoms with Crippen LogP contribution in [-0.2, 0) is 10.0 Å². The Morgan fingerprint density at radius 3 is 2.17 bits per heavy atom. The van der Waals surface area contributed by atoms with Crippen LogP contribution in [0, 0.1) is 0 Å². The van der Waals surface area contributed by atoms with Gasteiger partial charge in [-0.2, -0.15) is 0 Å². The van der Waals surface area contributed by atoms with Crippen molar-refractivity contribution in [3.63, 3.8) is 0 Å². The zero-order valence-electron chi connectivity index (χ0n) is 15.4. The summed E-state index contributed by atoms with van der Waals surface area (Å²) in [7, 11) is -3.94. The van der Waals surface area contributed by atoms with Gasteiger partial charge in [-0.1, -0.05) is 54.6 Å². The van der Waals surface area contributed by atoms with Gasteiger partial charge in [-0.3, -0.25) is 4.79 Å². The fourth-order valence-corrected chi connectivity index (χ4v) is 4.83. The molecular weight excluding hydrogens is 390 g/mol. The van der Waals surface area contributed by atoms with Crippen LogP contribution in [0.2, 0.25) is 0 Å². The van der Waals surface area contributed by atoms with Gasteiger partial charge in [0.2, 0.25) is 0 Å². The second-order valence-corrected chi connectivity index (χ2v) is 8.52. The van der Waals surface area contributed by atoms with Gasteiger partial charge in [0.05, 0.1) is 12.1 Å². The Morgan fingerprint density at radius 2 is 1.48 bits per heavy atom. The zero-order valence-corrected chi connectivity index (χ0v) is 16.2. The average Bonchev–Trinajstić information content (AvgIpc) is 2.94. The molecule has 1 N–H and O–H groups in total. The van der Waals surface area contributed by atoms with Crippen molar-refractivity contribution in [1.29, 1.82) is 0 Å². The smallest absolute Gasteiger partial charge is 0.269 e. The molecule has 3 aromatic rings. The summed E-state index contributed by atoms with van der Waals surface area (Å²) in [6, 6.07) is 23.3. The number of carbonyl (C=O) groups is 1. The van der Waals surface area contributed by atoms with E-state index >= 15 is 0 Å². The van der Waals surface area contributed by atoms with E-state index in [2.05, 4.69) is 0 Å². The Labute approximate surface area is 169 Å². The van der Waals surface area contributed by atoms with Gasteiger partial charge in [0.1, 0.15) is 23.4 Å². The number of benzene rings is 3. The van der Waals surface area contributed by atoms with Crippen molar-refractivity contribution in [2.75, 3.05) is 13.2 Å². The molecule has 3 aromatic carbocycles. The molecule has 0 spiro atoms. The lowest BCUT2D eigenvalue weighted by Gasteiger charge is -2.19. The normalized spacial score (nSPS) is 15.8. The number of hydrogen-bond donors (Lipinski definition) is 1. The third-order valence-corrected chi connectivity index (χ3v) is 6.50. The van der Waals surface area contributed by atoms with Gasteiger partial charge in [-0.05, 0) is 35.4 Å². The minimum atomic E-state index is -3.94. The number of hydrogen-bond acceptors (Lipinski definition) is 5. The fraction of sp³-hybridized carbons (Fsp3) is 0.136. The molecule has 1 heterocycles. The van der Waals surface area contributed by atoms with Gasteiger partial charge in [0, 0.05) is 0 Å². The van der Waals surface area contributed by atoms with Gasteiger partial charge >= 0.3 is 0 Å². The molecule has 1 aliphatic rings. The standard InChI is InChI=1S/C22H19NO5S/c24-18(14-23-22(25)20-8-4-5-9-21(20)29(23,26)27)15-28-19-12-10-17(11-13-19)16-6-2-1-3-7-16/h1-13,18,24H,14-15H2. The number of amides is 1. The molecule has 29 heavy (non-hydrogen) atoms. The number of aliphatic hydroxyl groups excluding tert-OH is 1. The monoisotopic (exact) mass is 409 g/mol. The highest BCUT2D eigenvalue weighted by Gasteiger charge is 2.41. The second kappa shape index (κ2) is 7.69. The number of sulfonamides is 1. The van der Waals surface area contributed by atoms with E-state index in [0.29, 0.717) is 10.1 Å². The number of aliphatic hydroxyl groups is 1. The van der Waals surface area contributed by atoms with E-state index in [4.69, 9.17) is 4.74 Å². The average molecular weight is 409 g/mol. The number of β-amino-alcohol motifs (C(OH)–C–C–N with tert-alkyl or cyclic N) is 1. The molecule has 1 atom stereocenters. The number of carbonyl (C=O) groups excluding carboxylic acids is 1. The van der Waals surface area contributed by atoms with Crippen LogP contribution in [0.5, 0.6) is 5.75 Å². The summed E-state index contributed by atoms with van der Waals surface area (Å²) in [6.45, 7) is -0.502. The molecule has 0 aromatic heterocycles. The van der Waals surface area contributed by atoms with Crippen molar-refractivity contribution in [2.45, 2.75) is 11.0 Å². The highest BCUT2D eigenvalue weighted by Crippen LogP contribution is 2.30. The minimum Gasteiger partial charge on any atom is -0.491 e. The molecule has 0 saturated carbocycles. The predicted octanol–water partition coefficient (Wildman–Crippen LogP) is 2.94. The second-order valence-electron chi connectivity index (χ2n) is 6.69. The summed E-state index contributed by atoms with van der Waals surface area (Å²) in [5.41, 5.74) is 2.23. The van der Waals surface area contributed by atoms with Gasteiger partial charge < -0.3 is 9.84 Å². The van der Waals surface area contributed by atoms with E-state index in [1.807, 2.05) is 42.5 Å². The van der Waals surface area contributed by atoms with Crippen molar-refractivity contribution in [1.82, 2.24) is 4.31 Å². The van der Waals surface area contributed by atoms with E-state index in [1.54, 1.807) is 24.3 Å². The van der Waals surface area contributed by atoms with E-state index in [0.717, 1.165) is 11.1 Å². The van der Waals surface area contributed by atoms with Crippen LogP contribution in [0.3, 0.4) is 0 Å². The lowest BCUT2D eigenvalue weighted by molar-refractivity contribution is 0.0687. The molecular formula is C22H19NO5S. The lowest BCUT2D eigenvalue weighted by Crippen LogP contribution is -2.39. The molecule has 4 rings (SSSR count).